The first kappa shape index (κ1) is 23.2. The van der Waals surface area contributed by atoms with Gasteiger partial charge in [0.1, 0.15) is 9.81 Å². The standard InChI is InChI=1S/Mn.2H2NO3.H2O/c;2*2-1(3)4;/h;2*(H2,2,3,4);1H2/q;2*+1;. The predicted octanol–water partition coefficient (Wildman–Crippen LogP) is -1.74. The molecule has 0 unspecified atom stereocenters. The van der Waals surface area contributed by atoms with Crippen molar-refractivity contribution in [2.45, 2.75) is 0 Å². The van der Waals surface area contributed by atoms with Crippen molar-refractivity contribution >= 4 is 0 Å². The average molecular weight is 201 g/mol. The van der Waals surface area contributed by atoms with Gasteiger partial charge in [0.15, 0.2) is 0 Å². The van der Waals surface area contributed by atoms with Crippen molar-refractivity contribution in [3.63, 3.8) is 0 Å². The summed E-state index contributed by atoms with van der Waals surface area (Å²) in [5.41, 5.74) is 0. The molecule has 10 heteroatoms. The van der Waals surface area contributed by atoms with E-state index < -0.39 is 10.2 Å². The molecule has 0 bridgehead atoms. The molecule has 0 rings (SSSR count). The van der Waals surface area contributed by atoms with E-state index in [4.69, 9.17) is 30.6 Å². The molecular weight excluding hydrogens is 195 g/mol. The third-order valence-corrected chi connectivity index (χ3v) is 0. The van der Waals surface area contributed by atoms with E-state index in [-0.39, 0.29) is 22.5 Å². The van der Waals surface area contributed by atoms with Crippen molar-refractivity contribution in [3.05, 3.63) is 9.81 Å². The molecule has 10 heavy (non-hydrogen) atoms. The summed E-state index contributed by atoms with van der Waals surface area (Å²) in [5.74, 6) is 0. The molecule has 1 radical (unpaired) electrons. The first-order valence-electron chi connectivity index (χ1n) is 1.17. The van der Waals surface area contributed by atoms with Crippen LogP contribution in [0.1, 0.15) is 0 Å². The summed E-state index contributed by atoms with van der Waals surface area (Å²) in [6.07, 6.45) is 0. The molecule has 0 fully saturated rings. The van der Waals surface area contributed by atoms with E-state index in [0.717, 1.165) is 0 Å². The SMILES string of the molecule is O.O=[N+](O)O.O=[N+](O)O.[Mn]. The Kier molecular flexibility index (Phi) is 36.3. The maximum absolute atomic E-state index is 8.47. The fourth-order valence-electron chi connectivity index (χ4n) is 0. The van der Waals surface area contributed by atoms with Gasteiger partial charge in [-0.05, 0) is 0 Å². The number of hydrogen-bond donors (Lipinski definition) is 4. The van der Waals surface area contributed by atoms with Crippen molar-refractivity contribution in [1.29, 1.82) is 0 Å². The Morgan fingerprint density at radius 1 is 0.800 bits per heavy atom. The average Bonchev–Trinajstić information content (AvgIpc) is 1.25. The van der Waals surface area contributed by atoms with Gasteiger partial charge in [0.2, 0.25) is 0 Å². The third-order valence-electron chi connectivity index (χ3n) is 0. The molecule has 0 aliphatic rings. The molecule has 0 heterocycles. The van der Waals surface area contributed by atoms with Gasteiger partial charge in [-0.1, -0.05) is 0 Å². The summed E-state index contributed by atoms with van der Waals surface area (Å²) in [7, 11) is 0. The molecule has 6 N–H and O–H groups in total. The quantitative estimate of drug-likeness (QED) is 0.269. The summed E-state index contributed by atoms with van der Waals surface area (Å²) in [6, 6.07) is 0. The van der Waals surface area contributed by atoms with Crippen LogP contribution in [0.15, 0.2) is 0 Å². The molecule has 0 amide bonds. The largest absolute Gasteiger partial charge is 0.472 e. The Hall–Kier alpha value is -1.12. The smallest absolute Gasteiger partial charge is 0.412 e. The number of rotatable bonds is 0. The molecule has 0 aromatic heterocycles. The monoisotopic (exact) mass is 201 g/mol. The maximum Gasteiger partial charge on any atom is 0.472 e. The molecule has 0 spiro atoms. The summed E-state index contributed by atoms with van der Waals surface area (Å²) in [5, 5.41) is 25.1. The zero-order chi connectivity index (χ0) is 7.15. The van der Waals surface area contributed by atoms with E-state index >= 15 is 0 Å². The van der Waals surface area contributed by atoms with E-state index in [0.29, 0.717) is 0 Å². The zero-order valence-electron chi connectivity index (χ0n) is 4.38. The minimum Gasteiger partial charge on any atom is -0.412 e. The van der Waals surface area contributed by atoms with Crippen molar-refractivity contribution < 1.29 is 53.5 Å². The normalized spacial score (nSPS) is 4.80. The second kappa shape index (κ2) is 15.7. The number of hydrogen-bond acceptors (Lipinski definition) is 2. The van der Waals surface area contributed by atoms with Gasteiger partial charge in [-0.2, -0.15) is 0 Å². The van der Waals surface area contributed by atoms with Crippen LogP contribution in [0.4, 0.5) is 0 Å². The van der Waals surface area contributed by atoms with Gasteiger partial charge in [-0.15, -0.1) is 0 Å². The molecule has 0 aliphatic carbocycles. The van der Waals surface area contributed by atoms with E-state index in [1.165, 1.54) is 0 Å². The summed E-state index contributed by atoms with van der Waals surface area (Å²) >= 11 is 0. The Morgan fingerprint density at radius 2 is 0.800 bits per heavy atom. The second-order valence-corrected chi connectivity index (χ2v) is 0.505. The molecule has 0 atom stereocenters. The van der Waals surface area contributed by atoms with E-state index in [1.807, 2.05) is 0 Å². The molecular formula is H6MnN2O7+2. The molecule has 0 saturated heterocycles. The van der Waals surface area contributed by atoms with Crippen LogP contribution in [0.25, 0.3) is 0 Å². The van der Waals surface area contributed by atoms with Crippen LogP contribution in [0.2, 0.25) is 0 Å². The molecule has 9 nitrogen and oxygen atoms in total. The Labute approximate surface area is 64.3 Å². The van der Waals surface area contributed by atoms with Crippen LogP contribution < -0.4 is 0 Å². The van der Waals surface area contributed by atoms with Crippen LogP contribution >= 0.6 is 0 Å². The van der Waals surface area contributed by atoms with Crippen LogP contribution in [0.5, 0.6) is 0 Å². The second-order valence-electron chi connectivity index (χ2n) is 0.505. The first-order valence-corrected chi connectivity index (χ1v) is 1.17. The third kappa shape index (κ3) is 189. The van der Waals surface area contributed by atoms with Crippen LogP contribution in [-0.2, 0) is 17.1 Å². The molecule has 0 aromatic rings. The Bertz CT molecular complexity index is 69.6. The van der Waals surface area contributed by atoms with E-state index in [1.54, 1.807) is 0 Å². The van der Waals surface area contributed by atoms with Crippen molar-refractivity contribution in [1.82, 2.24) is 0 Å². The van der Waals surface area contributed by atoms with Crippen LogP contribution in [-0.4, -0.2) is 36.5 Å². The summed E-state index contributed by atoms with van der Waals surface area (Å²) < 4.78 is 0. The molecule has 0 saturated carbocycles. The van der Waals surface area contributed by atoms with E-state index in [2.05, 4.69) is 0 Å². The maximum atomic E-state index is 8.47. The van der Waals surface area contributed by atoms with Gasteiger partial charge >= 0.3 is 10.2 Å². The van der Waals surface area contributed by atoms with Gasteiger partial charge < -0.3 is 5.48 Å². The minimum atomic E-state index is -1.25. The van der Waals surface area contributed by atoms with Crippen molar-refractivity contribution in [2.24, 2.45) is 0 Å². The topological polar surface area (TPSA) is 153 Å². The van der Waals surface area contributed by atoms with Gasteiger partial charge in [0, 0.05) is 17.1 Å². The van der Waals surface area contributed by atoms with Gasteiger partial charge in [-0.25, -0.2) is 20.8 Å². The first-order chi connectivity index (χ1) is 3.46. The zero-order valence-corrected chi connectivity index (χ0v) is 5.56. The van der Waals surface area contributed by atoms with Gasteiger partial charge in [0.25, 0.3) is 0 Å². The van der Waals surface area contributed by atoms with Gasteiger partial charge in [0.05, 0.1) is 0 Å². The fraction of sp³-hybridized carbons (Fsp3) is 0. The molecule has 63 valence electrons. The van der Waals surface area contributed by atoms with E-state index in [9.17, 15) is 0 Å². The predicted molar refractivity (Wildman–Crippen MR) is 18.0 cm³/mol. The van der Waals surface area contributed by atoms with Crippen LogP contribution in [0.3, 0.4) is 0 Å². The fourth-order valence-corrected chi connectivity index (χ4v) is 0. The summed E-state index contributed by atoms with van der Waals surface area (Å²) in [6.45, 7) is 0. The van der Waals surface area contributed by atoms with Crippen molar-refractivity contribution in [2.75, 3.05) is 0 Å². The molecule has 0 aromatic carbocycles. The van der Waals surface area contributed by atoms with Crippen molar-refractivity contribution in [3.8, 4) is 0 Å². The Balaban J connectivity index is -0.0000000300. The summed E-state index contributed by atoms with van der Waals surface area (Å²) in [4.78, 5) is 16.9. The number of nitrogens with zero attached hydrogens (tertiary/aromatic N) is 2. The van der Waals surface area contributed by atoms with Crippen LogP contribution in [0, 0.1) is 9.81 Å². The molecule has 0 aliphatic heterocycles. The minimum absolute atomic E-state index is 0. The van der Waals surface area contributed by atoms with Gasteiger partial charge in [-0.3, -0.25) is 0 Å². The Morgan fingerprint density at radius 3 is 0.800 bits per heavy atom.